The third-order valence-electron chi connectivity index (χ3n) is 3.71. The maximum atomic E-state index is 4.08. The summed E-state index contributed by atoms with van der Waals surface area (Å²) in [4.78, 5) is 0. The molecule has 0 spiro atoms. The summed E-state index contributed by atoms with van der Waals surface area (Å²) in [5.41, 5.74) is 6.69. The van der Waals surface area contributed by atoms with Gasteiger partial charge in [0.05, 0.1) is 23.6 Å². The highest BCUT2D eigenvalue weighted by Gasteiger charge is 2.06. The number of aromatic nitrogens is 5. The van der Waals surface area contributed by atoms with Crippen molar-refractivity contribution < 1.29 is 0 Å². The molecular formula is C16H13N5. The van der Waals surface area contributed by atoms with Gasteiger partial charge in [-0.25, -0.2) is 0 Å². The number of nitrogens with zero attached hydrogens (tertiary/aromatic N) is 3. The molecule has 2 aromatic heterocycles. The van der Waals surface area contributed by atoms with Gasteiger partial charge in [0.2, 0.25) is 0 Å². The Kier molecular flexibility index (Phi) is 2.57. The first-order chi connectivity index (χ1) is 10.3. The first-order valence-corrected chi connectivity index (χ1v) is 6.72. The van der Waals surface area contributed by atoms with Gasteiger partial charge in [-0.2, -0.15) is 5.10 Å². The average Bonchev–Trinajstić information content (AvgIpc) is 3.17. The molecule has 0 fully saturated rings. The fraction of sp³-hybridized carbons (Fsp3) is 0.0625. The summed E-state index contributed by atoms with van der Waals surface area (Å²) in [7, 11) is 0. The Morgan fingerprint density at radius 1 is 0.905 bits per heavy atom. The monoisotopic (exact) mass is 275 g/mol. The van der Waals surface area contributed by atoms with Crippen LogP contribution in [-0.4, -0.2) is 25.6 Å². The number of benzene rings is 2. The minimum Gasteiger partial charge on any atom is -0.278 e. The van der Waals surface area contributed by atoms with Crippen LogP contribution < -0.4 is 0 Å². The number of aromatic amines is 2. The molecule has 5 nitrogen and oxygen atoms in total. The van der Waals surface area contributed by atoms with Crippen LogP contribution in [0.4, 0.5) is 0 Å². The molecule has 2 aromatic carbocycles. The quantitative estimate of drug-likeness (QED) is 0.589. The van der Waals surface area contributed by atoms with E-state index in [1.165, 1.54) is 16.7 Å². The second-order valence-corrected chi connectivity index (χ2v) is 5.07. The zero-order chi connectivity index (χ0) is 14.2. The maximum absolute atomic E-state index is 4.08. The summed E-state index contributed by atoms with van der Waals surface area (Å²) in [5, 5.41) is 18.6. The van der Waals surface area contributed by atoms with E-state index in [1.54, 1.807) is 6.20 Å². The predicted molar refractivity (Wildman–Crippen MR) is 81.6 cm³/mol. The van der Waals surface area contributed by atoms with Crippen LogP contribution >= 0.6 is 0 Å². The fourth-order valence-electron chi connectivity index (χ4n) is 2.58. The molecule has 0 amide bonds. The van der Waals surface area contributed by atoms with Gasteiger partial charge in [0.1, 0.15) is 0 Å². The van der Waals surface area contributed by atoms with Gasteiger partial charge in [-0.05, 0) is 35.7 Å². The molecule has 2 N–H and O–H groups in total. The van der Waals surface area contributed by atoms with Crippen LogP contribution in [0.1, 0.15) is 5.56 Å². The molecule has 0 aliphatic rings. The van der Waals surface area contributed by atoms with Crippen LogP contribution in [0.5, 0.6) is 0 Å². The van der Waals surface area contributed by atoms with Crippen molar-refractivity contribution in [3.05, 3.63) is 54.4 Å². The third kappa shape index (κ3) is 1.99. The van der Waals surface area contributed by atoms with Crippen molar-refractivity contribution in [3.8, 4) is 22.4 Å². The van der Waals surface area contributed by atoms with E-state index in [0.29, 0.717) is 0 Å². The van der Waals surface area contributed by atoms with Gasteiger partial charge < -0.3 is 0 Å². The van der Waals surface area contributed by atoms with Crippen LogP contribution in [0.2, 0.25) is 0 Å². The first kappa shape index (κ1) is 11.8. The van der Waals surface area contributed by atoms with Crippen LogP contribution in [0, 0.1) is 6.92 Å². The summed E-state index contributed by atoms with van der Waals surface area (Å²) in [6, 6.07) is 12.7. The highest BCUT2D eigenvalue weighted by molar-refractivity contribution is 5.86. The lowest BCUT2D eigenvalue weighted by Crippen LogP contribution is -1.85. The van der Waals surface area contributed by atoms with Crippen molar-refractivity contribution in [3.63, 3.8) is 0 Å². The Morgan fingerprint density at radius 3 is 2.48 bits per heavy atom. The molecule has 5 heteroatoms. The number of rotatable bonds is 2. The van der Waals surface area contributed by atoms with E-state index >= 15 is 0 Å². The lowest BCUT2D eigenvalue weighted by Gasteiger charge is -2.07. The lowest BCUT2D eigenvalue weighted by atomic mass is 9.97. The minimum atomic E-state index is 0.920. The van der Waals surface area contributed by atoms with E-state index in [1.807, 2.05) is 6.20 Å². The van der Waals surface area contributed by atoms with Crippen molar-refractivity contribution in [2.24, 2.45) is 0 Å². The Hall–Kier alpha value is -2.95. The molecule has 0 saturated heterocycles. The van der Waals surface area contributed by atoms with E-state index in [0.717, 1.165) is 22.2 Å². The van der Waals surface area contributed by atoms with E-state index < -0.39 is 0 Å². The number of hydrogen-bond donors (Lipinski definition) is 2. The molecule has 0 aliphatic carbocycles. The van der Waals surface area contributed by atoms with Gasteiger partial charge >= 0.3 is 0 Å². The van der Waals surface area contributed by atoms with Crippen LogP contribution in [-0.2, 0) is 0 Å². The van der Waals surface area contributed by atoms with Crippen LogP contribution in [0.25, 0.3) is 33.3 Å². The van der Waals surface area contributed by atoms with Gasteiger partial charge in [-0.1, -0.05) is 29.5 Å². The number of nitrogens with one attached hydrogen (secondary N) is 2. The molecule has 4 aromatic rings. The van der Waals surface area contributed by atoms with E-state index in [2.05, 4.69) is 68.9 Å². The molecule has 0 radical (unpaired) electrons. The molecule has 0 aliphatic heterocycles. The van der Waals surface area contributed by atoms with E-state index in [-0.39, 0.29) is 0 Å². The molecule has 0 bridgehead atoms. The lowest BCUT2D eigenvalue weighted by molar-refractivity contribution is 0.942. The Morgan fingerprint density at radius 2 is 1.71 bits per heavy atom. The summed E-state index contributed by atoms with van der Waals surface area (Å²) >= 11 is 0. The van der Waals surface area contributed by atoms with Gasteiger partial charge in [0.15, 0.2) is 0 Å². The average molecular weight is 275 g/mol. The fourth-order valence-corrected chi connectivity index (χ4v) is 2.58. The van der Waals surface area contributed by atoms with Gasteiger partial charge in [0, 0.05) is 10.9 Å². The number of aryl methyl sites for hydroxylation is 1. The topological polar surface area (TPSA) is 70.2 Å². The molecular weight excluding hydrogens is 262 g/mol. The molecule has 102 valence electrons. The molecule has 0 unspecified atom stereocenters. The number of H-pyrrole nitrogens is 2. The highest BCUT2D eigenvalue weighted by Crippen LogP contribution is 2.29. The second-order valence-electron chi connectivity index (χ2n) is 5.07. The highest BCUT2D eigenvalue weighted by atomic mass is 15.3. The van der Waals surface area contributed by atoms with Crippen molar-refractivity contribution in [1.82, 2.24) is 25.6 Å². The number of fused-ring (bicyclic) bond motifs is 1. The summed E-state index contributed by atoms with van der Waals surface area (Å²) in [6.45, 7) is 2.11. The molecule has 4 rings (SSSR count). The minimum absolute atomic E-state index is 0.920. The van der Waals surface area contributed by atoms with Crippen molar-refractivity contribution in [2.45, 2.75) is 6.92 Å². The smallest absolute Gasteiger partial charge is 0.0853 e. The maximum Gasteiger partial charge on any atom is 0.0853 e. The summed E-state index contributed by atoms with van der Waals surface area (Å²) in [6.07, 6.45) is 3.57. The number of hydrogen-bond acceptors (Lipinski definition) is 3. The van der Waals surface area contributed by atoms with Crippen LogP contribution in [0.3, 0.4) is 0 Å². The van der Waals surface area contributed by atoms with Gasteiger partial charge in [0.25, 0.3) is 0 Å². The summed E-state index contributed by atoms with van der Waals surface area (Å²) in [5.74, 6) is 0. The van der Waals surface area contributed by atoms with E-state index in [4.69, 9.17) is 0 Å². The Balaban J connectivity index is 1.79. The Labute approximate surface area is 121 Å². The van der Waals surface area contributed by atoms with Crippen molar-refractivity contribution in [2.75, 3.05) is 0 Å². The molecule has 2 heterocycles. The predicted octanol–water partition coefficient (Wildman–Crippen LogP) is 3.32. The van der Waals surface area contributed by atoms with Crippen molar-refractivity contribution >= 4 is 10.9 Å². The van der Waals surface area contributed by atoms with Crippen molar-refractivity contribution in [1.29, 1.82) is 0 Å². The second kappa shape index (κ2) is 4.56. The summed E-state index contributed by atoms with van der Waals surface area (Å²) < 4.78 is 0. The van der Waals surface area contributed by atoms with Crippen LogP contribution in [0.15, 0.2) is 48.8 Å². The third-order valence-corrected chi connectivity index (χ3v) is 3.71. The molecule has 21 heavy (non-hydrogen) atoms. The Bertz CT molecular complexity index is 888. The molecule has 0 atom stereocenters. The standard InChI is InChI=1S/C16H13N5/c1-10-6-15-13(8-17-19-15)7-14(10)11-2-4-12(5-3-11)16-9-18-21-20-16/h2-9H,1H3,(H,17,19)(H,18,20,21). The zero-order valence-electron chi connectivity index (χ0n) is 11.5. The van der Waals surface area contributed by atoms with E-state index in [9.17, 15) is 0 Å². The largest absolute Gasteiger partial charge is 0.278 e. The zero-order valence-corrected chi connectivity index (χ0v) is 11.5. The normalized spacial score (nSPS) is 11.1. The van der Waals surface area contributed by atoms with Gasteiger partial charge in [-0.3, -0.25) is 10.2 Å². The molecule has 0 saturated carbocycles. The SMILES string of the molecule is Cc1cc2[nH]ncc2cc1-c1ccc(-c2cnn[nH]2)cc1. The first-order valence-electron chi connectivity index (χ1n) is 6.72. The van der Waals surface area contributed by atoms with Gasteiger partial charge in [-0.15, -0.1) is 5.10 Å².